The minimum atomic E-state index is -0.879. The minimum Gasteiger partial charge on any atom is -0.507 e. The van der Waals surface area contributed by atoms with Crippen LogP contribution >= 0.6 is 11.6 Å². The Balaban J connectivity index is 1.85. The summed E-state index contributed by atoms with van der Waals surface area (Å²) in [7, 11) is 1.43. The Morgan fingerprint density at radius 3 is 2.59 bits per heavy atom. The highest BCUT2D eigenvalue weighted by atomic mass is 35.5. The van der Waals surface area contributed by atoms with Crippen molar-refractivity contribution in [2.75, 3.05) is 7.11 Å². The number of hydrogen-bond acceptors (Lipinski definition) is 5. The first-order chi connectivity index (χ1) is 15.4. The Morgan fingerprint density at radius 1 is 1.19 bits per heavy atom. The summed E-state index contributed by atoms with van der Waals surface area (Å²) in [4.78, 5) is 31.4. The summed E-state index contributed by atoms with van der Waals surface area (Å²) < 4.78 is 18.5. The highest BCUT2D eigenvalue weighted by Gasteiger charge is 2.46. The maximum atomic E-state index is 13.3. The average Bonchev–Trinajstić information content (AvgIpc) is 3.06. The second kappa shape index (κ2) is 8.80. The number of hydrogen-bond donors (Lipinski definition) is 1. The van der Waals surface area contributed by atoms with E-state index < -0.39 is 23.5 Å². The average molecular weight is 453 g/mol. The molecule has 6 nitrogen and oxygen atoms in total. The molecule has 162 valence electrons. The van der Waals surface area contributed by atoms with Crippen LogP contribution in [-0.4, -0.2) is 33.8 Å². The van der Waals surface area contributed by atoms with E-state index in [-0.39, 0.29) is 23.4 Å². The van der Waals surface area contributed by atoms with Crippen molar-refractivity contribution in [2.45, 2.75) is 12.6 Å². The van der Waals surface area contributed by atoms with Crippen molar-refractivity contribution < 1.29 is 23.8 Å². The van der Waals surface area contributed by atoms with Crippen LogP contribution in [0.2, 0.25) is 5.02 Å². The van der Waals surface area contributed by atoms with Crippen LogP contribution in [0.1, 0.15) is 22.7 Å². The molecule has 1 unspecified atom stereocenters. The van der Waals surface area contributed by atoms with E-state index in [9.17, 15) is 19.1 Å². The van der Waals surface area contributed by atoms with Gasteiger partial charge in [0.15, 0.2) is 0 Å². The molecule has 1 aliphatic heterocycles. The Morgan fingerprint density at radius 2 is 1.94 bits per heavy atom. The number of ketones is 1. The zero-order valence-electron chi connectivity index (χ0n) is 17.0. The lowest BCUT2D eigenvalue weighted by Gasteiger charge is -2.25. The predicted molar refractivity (Wildman–Crippen MR) is 116 cm³/mol. The first kappa shape index (κ1) is 21.5. The number of carbonyl (C=O) groups is 2. The number of rotatable bonds is 5. The van der Waals surface area contributed by atoms with E-state index in [1.54, 1.807) is 30.5 Å². The Kier molecular flexibility index (Phi) is 5.92. The van der Waals surface area contributed by atoms with Gasteiger partial charge in [0.25, 0.3) is 11.7 Å². The third-order valence-corrected chi connectivity index (χ3v) is 5.54. The normalized spacial score (nSPS) is 17.6. The lowest BCUT2D eigenvalue weighted by atomic mass is 9.96. The van der Waals surface area contributed by atoms with Crippen LogP contribution in [0.5, 0.6) is 5.75 Å². The maximum absolute atomic E-state index is 13.3. The summed E-state index contributed by atoms with van der Waals surface area (Å²) in [5, 5.41) is 11.4. The molecule has 3 aromatic rings. The Hall–Kier alpha value is -3.71. The van der Waals surface area contributed by atoms with Gasteiger partial charge in [0.1, 0.15) is 17.3 Å². The molecule has 1 aromatic heterocycles. The fourth-order valence-electron chi connectivity index (χ4n) is 3.68. The van der Waals surface area contributed by atoms with Crippen molar-refractivity contribution in [3.8, 4) is 5.75 Å². The Labute approximate surface area is 188 Å². The summed E-state index contributed by atoms with van der Waals surface area (Å²) in [5.41, 5.74) is 1.39. The number of nitrogens with zero attached hydrogens (tertiary/aromatic N) is 2. The summed E-state index contributed by atoms with van der Waals surface area (Å²) in [5.74, 6) is -2.04. The molecule has 8 heteroatoms. The molecule has 32 heavy (non-hydrogen) atoms. The van der Waals surface area contributed by atoms with Crippen LogP contribution in [0, 0.1) is 5.82 Å². The van der Waals surface area contributed by atoms with Crippen molar-refractivity contribution in [1.29, 1.82) is 0 Å². The van der Waals surface area contributed by atoms with Gasteiger partial charge >= 0.3 is 0 Å². The topological polar surface area (TPSA) is 79.7 Å². The van der Waals surface area contributed by atoms with Crippen molar-refractivity contribution in [1.82, 2.24) is 9.88 Å². The van der Waals surface area contributed by atoms with Gasteiger partial charge in [0.05, 0.1) is 23.7 Å². The molecule has 0 bridgehead atoms. The molecule has 0 radical (unpaired) electrons. The van der Waals surface area contributed by atoms with Crippen molar-refractivity contribution in [3.63, 3.8) is 0 Å². The maximum Gasteiger partial charge on any atom is 0.295 e. The highest BCUT2D eigenvalue weighted by Crippen LogP contribution is 2.40. The van der Waals surface area contributed by atoms with Gasteiger partial charge in [-0.25, -0.2) is 4.39 Å². The van der Waals surface area contributed by atoms with Gasteiger partial charge in [-0.1, -0.05) is 29.8 Å². The molecule has 0 spiro atoms. The lowest BCUT2D eigenvalue weighted by molar-refractivity contribution is -0.140. The number of Topliss-reactive ketones (excluding diaryl/α,β-unsaturated/α-hetero) is 1. The largest absolute Gasteiger partial charge is 0.507 e. The van der Waals surface area contributed by atoms with E-state index in [1.165, 1.54) is 48.5 Å². The highest BCUT2D eigenvalue weighted by molar-refractivity contribution is 6.46. The predicted octanol–water partition coefficient (Wildman–Crippen LogP) is 4.50. The van der Waals surface area contributed by atoms with Crippen LogP contribution in [0.25, 0.3) is 5.76 Å². The number of amides is 1. The minimum absolute atomic E-state index is 0.0468. The van der Waals surface area contributed by atoms with E-state index >= 15 is 0 Å². The Bertz CT molecular complexity index is 1210. The number of pyridine rings is 1. The van der Waals surface area contributed by atoms with E-state index in [2.05, 4.69) is 4.98 Å². The molecule has 1 saturated heterocycles. The summed E-state index contributed by atoms with van der Waals surface area (Å²) in [6, 6.07) is 12.7. The number of aliphatic hydroxyl groups is 1. The summed E-state index contributed by atoms with van der Waals surface area (Å²) >= 11 is 6.07. The zero-order valence-corrected chi connectivity index (χ0v) is 17.7. The molecule has 0 saturated carbocycles. The molecule has 0 aliphatic carbocycles. The van der Waals surface area contributed by atoms with E-state index in [1.807, 2.05) is 0 Å². The van der Waals surface area contributed by atoms with Crippen molar-refractivity contribution in [3.05, 3.63) is 100 Å². The monoisotopic (exact) mass is 452 g/mol. The van der Waals surface area contributed by atoms with Gasteiger partial charge in [-0.15, -0.1) is 0 Å². The number of carbonyl (C=O) groups excluding carboxylic acids is 2. The molecular formula is C24H18ClFN2O4. The smallest absolute Gasteiger partial charge is 0.295 e. The fraction of sp³-hybridized carbons (Fsp3) is 0.125. The molecular weight excluding hydrogens is 435 g/mol. The first-order valence-electron chi connectivity index (χ1n) is 9.67. The summed E-state index contributed by atoms with van der Waals surface area (Å²) in [6.45, 7) is 0.0468. The third-order valence-electron chi connectivity index (χ3n) is 5.23. The van der Waals surface area contributed by atoms with Gasteiger partial charge in [0.2, 0.25) is 0 Å². The number of methoxy groups -OCH3 is 1. The van der Waals surface area contributed by atoms with Crippen LogP contribution in [0.15, 0.2) is 72.6 Å². The van der Waals surface area contributed by atoms with Gasteiger partial charge in [-0.2, -0.15) is 0 Å². The molecule has 1 atom stereocenters. The van der Waals surface area contributed by atoms with E-state index in [4.69, 9.17) is 16.3 Å². The number of benzene rings is 2. The zero-order chi connectivity index (χ0) is 22.8. The number of aliphatic hydroxyl groups excluding tert-OH is 1. The molecule has 1 aliphatic rings. The van der Waals surface area contributed by atoms with Crippen LogP contribution in [0.4, 0.5) is 4.39 Å². The van der Waals surface area contributed by atoms with Gasteiger partial charge < -0.3 is 14.7 Å². The van der Waals surface area contributed by atoms with Crippen LogP contribution < -0.4 is 4.74 Å². The van der Waals surface area contributed by atoms with Crippen LogP contribution in [-0.2, 0) is 16.1 Å². The SMILES string of the molecule is COc1cc(/C(O)=C2/C(=O)C(=O)N(Cc3ccc(F)cc3)C2c2cccnc2)ccc1Cl. The first-order valence-corrected chi connectivity index (χ1v) is 10.0. The summed E-state index contributed by atoms with van der Waals surface area (Å²) in [6.07, 6.45) is 3.10. The number of likely N-dealkylation sites (tertiary alicyclic amines) is 1. The molecule has 4 rings (SSSR count). The molecule has 1 fully saturated rings. The molecule has 2 aromatic carbocycles. The van der Waals surface area contributed by atoms with Crippen molar-refractivity contribution >= 4 is 29.1 Å². The third kappa shape index (κ3) is 3.94. The number of halogens is 2. The quantitative estimate of drug-likeness (QED) is 0.350. The number of ether oxygens (including phenoxy) is 1. The van der Waals surface area contributed by atoms with Gasteiger partial charge in [0, 0.05) is 24.5 Å². The second-order valence-electron chi connectivity index (χ2n) is 7.19. The van der Waals surface area contributed by atoms with Crippen molar-refractivity contribution in [2.24, 2.45) is 0 Å². The molecule has 1 N–H and O–H groups in total. The standard InChI is InChI=1S/C24H18ClFN2O4/c1-32-19-11-15(6-9-18(19)25)22(29)20-21(16-3-2-10-27-12-16)28(24(31)23(20)30)13-14-4-7-17(26)8-5-14/h2-12,21,29H,13H2,1H3/b22-20-. The lowest BCUT2D eigenvalue weighted by Crippen LogP contribution is -2.29. The van der Waals surface area contributed by atoms with E-state index in [0.717, 1.165) is 0 Å². The fourth-order valence-corrected chi connectivity index (χ4v) is 3.87. The van der Waals surface area contributed by atoms with E-state index in [0.29, 0.717) is 21.9 Å². The molecule has 1 amide bonds. The van der Waals surface area contributed by atoms with Gasteiger partial charge in [-0.3, -0.25) is 14.6 Å². The second-order valence-corrected chi connectivity index (χ2v) is 7.60. The molecule has 2 heterocycles. The number of aromatic nitrogens is 1. The van der Waals surface area contributed by atoms with Gasteiger partial charge in [-0.05, 0) is 47.5 Å². The van der Waals surface area contributed by atoms with Crippen LogP contribution in [0.3, 0.4) is 0 Å².